The smallest absolute Gasteiger partial charge is 0.123 e. The molecule has 0 atom stereocenters. The number of aryl methyl sites for hydroxylation is 2. The molecule has 0 fully saturated rings. The van der Waals surface area contributed by atoms with Gasteiger partial charge in [-0.3, -0.25) is 4.98 Å². The quantitative estimate of drug-likeness (QED) is 0.830. The van der Waals surface area contributed by atoms with Crippen LogP contribution in [0.1, 0.15) is 17.0 Å². The molecule has 1 aromatic carbocycles. The third kappa shape index (κ3) is 3.89. The van der Waals surface area contributed by atoms with Gasteiger partial charge in [0.25, 0.3) is 0 Å². The molecule has 0 saturated carbocycles. The van der Waals surface area contributed by atoms with Gasteiger partial charge in [0.05, 0.1) is 24.1 Å². The molecule has 2 rings (SSSR count). The third-order valence-electron chi connectivity index (χ3n) is 3.17. The number of rotatable bonds is 6. The van der Waals surface area contributed by atoms with Crippen molar-refractivity contribution in [2.45, 2.75) is 13.8 Å². The lowest BCUT2D eigenvalue weighted by atomic mass is 10.1. The van der Waals surface area contributed by atoms with Crippen LogP contribution in [0.15, 0.2) is 30.3 Å². The monoisotopic (exact) mass is 297 g/mol. The minimum absolute atomic E-state index is 0.485. The Morgan fingerprint density at radius 3 is 2.73 bits per heavy atom. The summed E-state index contributed by atoms with van der Waals surface area (Å²) >= 11 is 0. The zero-order valence-electron chi connectivity index (χ0n) is 13.0. The van der Waals surface area contributed by atoms with E-state index in [1.54, 1.807) is 7.11 Å². The molecule has 1 N–H and O–H groups in total. The van der Waals surface area contributed by atoms with Gasteiger partial charge in [0.1, 0.15) is 24.2 Å². The minimum Gasteiger partial charge on any atom is -0.497 e. The lowest BCUT2D eigenvalue weighted by Crippen LogP contribution is -2.13. The van der Waals surface area contributed by atoms with E-state index in [9.17, 15) is 5.26 Å². The summed E-state index contributed by atoms with van der Waals surface area (Å²) in [4.78, 5) is 4.29. The van der Waals surface area contributed by atoms with E-state index in [1.807, 2.05) is 44.2 Å². The number of benzene rings is 1. The summed E-state index contributed by atoms with van der Waals surface area (Å²) in [6, 6.07) is 11.5. The van der Waals surface area contributed by atoms with Crippen LogP contribution in [0.4, 0.5) is 5.69 Å². The van der Waals surface area contributed by atoms with Gasteiger partial charge in [0.2, 0.25) is 0 Å². The second-order valence-corrected chi connectivity index (χ2v) is 4.84. The van der Waals surface area contributed by atoms with Crippen LogP contribution < -0.4 is 14.8 Å². The molecular formula is C17H19N3O2. The first-order chi connectivity index (χ1) is 10.6. The number of pyridine rings is 1. The maximum atomic E-state index is 9.21. The van der Waals surface area contributed by atoms with Crippen LogP contribution in [0.2, 0.25) is 0 Å². The van der Waals surface area contributed by atoms with E-state index in [0.717, 1.165) is 28.6 Å². The Kier molecular flexibility index (Phi) is 5.21. The molecule has 0 aliphatic rings. The van der Waals surface area contributed by atoms with Crippen molar-refractivity contribution in [1.29, 1.82) is 5.26 Å². The van der Waals surface area contributed by atoms with Crippen LogP contribution in [-0.2, 0) is 0 Å². The normalized spacial score (nSPS) is 9.91. The van der Waals surface area contributed by atoms with E-state index in [0.29, 0.717) is 18.7 Å². The number of anilines is 1. The summed E-state index contributed by atoms with van der Waals surface area (Å²) in [5.41, 5.74) is 2.99. The summed E-state index contributed by atoms with van der Waals surface area (Å²) < 4.78 is 10.8. The Morgan fingerprint density at radius 1 is 1.23 bits per heavy atom. The molecule has 0 saturated heterocycles. The zero-order chi connectivity index (χ0) is 15.9. The lowest BCUT2D eigenvalue weighted by Gasteiger charge is -2.12. The number of nitriles is 1. The number of methoxy groups -OCH3 is 1. The van der Waals surface area contributed by atoms with Gasteiger partial charge < -0.3 is 14.8 Å². The van der Waals surface area contributed by atoms with Gasteiger partial charge in [-0.15, -0.1) is 0 Å². The number of aromatic nitrogens is 1. The second-order valence-electron chi connectivity index (χ2n) is 4.84. The first kappa shape index (κ1) is 15.6. The van der Waals surface area contributed by atoms with Gasteiger partial charge in [0, 0.05) is 18.3 Å². The SMILES string of the molecule is COc1cccc(OCCNc2cc(C)nc(C)c2C#N)c1. The molecule has 0 bridgehead atoms. The maximum absolute atomic E-state index is 9.21. The van der Waals surface area contributed by atoms with Gasteiger partial charge in [-0.1, -0.05) is 6.07 Å². The second kappa shape index (κ2) is 7.32. The Morgan fingerprint density at radius 2 is 2.00 bits per heavy atom. The Labute approximate surface area is 130 Å². The van der Waals surface area contributed by atoms with Gasteiger partial charge in [-0.2, -0.15) is 5.26 Å². The maximum Gasteiger partial charge on any atom is 0.123 e. The summed E-state index contributed by atoms with van der Waals surface area (Å²) in [6.45, 7) is 4.82. The number of hydrogen-bond donors (Lipinski definition) is 1. The largest absolute Gasteiger partial charge is 0.497 e. The number of ether oxygens (including phenoxy) is 2. The zero-order valence-corrected chi connectivity index (χ0v) is 13.0. The van der Waals surface area contributed by atoms with Crippen LogP contribution in [0.5, 0.6) is 11.5 Å². The van der Waals surface area contributed by atoms with Crippen LogP contribution in [-0.4, -0.2) is 25.2 Å². The first-order valence-corrected chi connectivity index (χ1v) is 7.03. The van der Waals surface area contributed by atoms with Crippen LogP contribution in [0.3, 0.4) is 0 Å². The molecule has 2 aromatic rings. The summed E-state index contributed by atoms with van der Waals surface area (Å²) in [5, 5.41) is 12.4. The van der Waals surface area contributed by atoms with Crippen molar-refractivity contribution >= 4 is 5.69 Å². The molecule has 1 aromatic heterocycles. The third-order valence-corrected chi connectivity index (χ3v) is 3.17. The molecule has 5 nitrogen and oxygen atoms in total. The van der Waals surface area contributed by atoms with Gasteiger partial charge in [-0.25, -0.2) is 0 Å². The van der Waals surface area contributed by atoms with E-state index in [2.05, 4.69) is 16.4 Å². The van der Waals surface area contributed by atoms with Crippen LogP contribution >= 0.6 is 0 Å². The highest BCUT2D eigenvalue weighted by molar-refractivity contribution is 5.59. The topological polar surface area (TPSA) is 67.2 Å². The highest BCUT2D eigenvalue weighted by Gasteiger charge is 2.07. The molecule has 5 heteroatoms. The number of hydrogen-bond acceptors (Lipinski definition) is 5. The summed E-state index contributed by atoms with van der Waals surface area (Å²) in [7, 11) is 1.62. The van der Waals surface area contributed by atoms with E-state index in [4.69, 9.17) is 9.47 Å². The van der Waals surface area contributed by atoms with Crippen molar-refractivity contribution in [2.24, 2.45) is 0 Å². The predicted octanol–water partition coefficient (Wildman–Crippen LogP) is 3.07. The Balaban J connectivity index is 1.93. The molecule has 0 aliphatic carbocycles. The summed E-state index contributed by atoms with van der Waals surface area (Å²) in [5.74, 6) is 1.52. The average molecular weight is 297 g/mol. The van der Waals surface area contributed by atoms with Gasteiger partial charge in [0.15, 0.2) is 0 Å². The Hall–Kier alpha value is -2.74. The van der Waals surface area contributed by atoms with Crippen LogP contribution in [0.25, 0.3) is 0 Å². The molecule has 0 spiro atoms. The fourth-order valence-electron chi connectivity index (χ4n) is 2.15. The first-order valence-electron chi connectivity index (χ1n) is 7.03. The molecule has 0 radical (unpaired) electrons. The number of nitrogens with zero attached hydrogens (tertiary/aromatic N) is 2. The molecule has 1 heterocycles. The van der Waals surface area contributed by atoms with Gasteiger partial charge in [-0.05, 0) is 32.0 Å². The van der Waals surface area contributed by atoms with Gasteiger partial charge >= 0.3 is 0 Å². The standard InChI is InChI=1S/C17H19N3O2/c1-12-9-17(16(11-18)13(2)20-12)19-7-8-22-15-6-4-5-14(10-15)21-3/h4-6,9-10H,7-8H2,1-3H3,(H,19,20). The molecule has 0 amide bonds. The van der Waals surface area contributed by atoms with Crippen molar-refractivity contribution in [3.05, 3.63) is 47.3 Å². The van der Waals surface area contributed by atoms with Crippen molar-refractivity contribution in [1.82, 2.24) is 4.98 Å². The van der Waals surface area contributed by atoms with Crippen LogP contribution in [0, 0.1) is 25.2 Å². The van der Waals surface area contributed by atoms with Crippen molar-refractivity contribution in [3.63, 3.8) is 0 Å². The molecule has 0 aliphatic heterocycles. The molecular weight excluding hydrogens is 278 g/mol. The van der Waals surface area contributed by atoms with Crippen molar-refractivity contribution in [2.75, 3.05) is 25.6 Å². The minimum atomic E-state index is 0.485. The molecule has 114 valence electrons. The average Bonchev–Trinajstić information content (AvgIpc) is 2.51. The highest BCUT2D eigenvalue weighted by Crippen LogP contribution is 2.20. The summed E-state index contributed by atoms with van der Waals surface area (Å²) in [6.07, 6.45) is 0. The molecule has 0 unspecified atom stereocenters. The fourth-order valence-corrected chi connectivity index (χ4v) is 2.15. The predicted molar refractivity (Wildman–Crippen MR) is 85.4 cm³/mol. The van der Waals surface area contributed by atoms with E-state index < -0.39 is 0 Å². The lowest BCUT2D eigenvalue weighted by molar-refractivity contribution is 0.329. The van der Waals surface area contributed by atoms with Crippen molar-refractivity contribution < 1.29 is 9.47 Å². The number of nitrogens with one attached hydrogen (secondary N) is 1. The fraction of sp³-hybridized carbons (Fsp3) is 0.294. The van der Waals surface area contributed by atoms with E-state index in [1.165, 1.54) is 0 Å². The highest BCUT2D eigenvalue weighted by atomic mass is 16.5. The molecule has 22 heavy (non-hydrogen) atoms. The van der Waals surface area contributed by atoms with Crippen molar-refractivity contribution in [3.8, 4) is 17.6 Å². The van der Waals surface area contributed by atoms with E-state index in [-0.39, 0.29) is 0 Å². The Bertz CT molecular complexity index is 693. The van der Waals surface area contributed by atoms with E-state index >= 15 is 0 Å².